The van der Waals surface area contributed by atoms with Gasteiger partial charge < -0.3 is 4.74 Å². The summed E-state index contributed by atoms with van der Waals surface area (Å²) in [6, 6.07) is 1.25. The number of nitrogens with zero attached hydrogens (tertiary/aromatic N) is 1. The molecule has 1 atom stereocenters. The van der Waals surface area contributed by atoms with E-state index in [0.717, 1.165) is 13.2 Å². The lowest BCUT2D eigenvalue weighted by atomic mass is 10.0. The van der Waals surface area contributed by atoms with Crippen LogP contribution in [0, 0.1) is 0 Å². The predicted octanol–water partition coefficient (Wildman–Crippen LogP) is 2.28. The van der Waals surface area contributed by atoms with E-state index < -0.39 is 0 Å². The van der Waals surface area contributed by atoms with Crippen LogP contribution in [-0.2, 0) is 4.74 Å². The Morgan fingerprint density at radius 1 is 1.46 bits per heavy atom. The maximum Gasteiger partial charge on any atom is 0.0753 e. The van der Waals surface area contributed by atoms with Crippen molar-refractivity contribution < 1.29 is 4.74 Å². The van der Waals surface area contributed by atoms with Gasteiger partial charge in [0.1, 0.15) is 0 Å². The zero-order valence-electron chi connectivity index (χ0n) is 9.63. The predicted molar refractivity (Wildman–Crippen MR) is 56.0 cm³/mol. The lowest BCUT2D eigenvalue weighted by Crippen LogP contribution is -2.56. The van der Waals surface area contributed by atoms with Gasteiger partial charge in [-0.2, -0.15) is 0 Å². The van der Waals surface area contributed by atoms with Crippen molar-refractivity contribution in [2.24, 2.45) is 0 Å². The summed E-state index contributed by atoms with van der Waals surface area (Å²) in [7, 11) is 0. The topological polar surface area (TPSA) is 12.5 Å². The van der Waals surface area contributed by atoms with Crippen LogP contribution in [0.4, 0.5) is 0 Å². The Kier molecular flexibility index (Phi) is 3.36. The van der Waals surface area contributed by atoms with Gasteiger partial charge >= 0.3 is 0 Å². The molecule has 0 aromatic rings. The number of ether oxygens (including phenoxy) is 1. The zero-order valence-corrected chi connectivity index (χ0v) is 9.63. The molecule has 0 radical (unpaired) electrons. The van der Waals surface area contributed by atoms with Gasteiger partial charge in [0.2, 0.25) is 0 Å². The van der Waals surface area contributed by atoms with Gasteiger partial charge in [0.25, 0.3) is 0 Å². The Morgan fingerprint density at radius 2 is 2.08 bits per heavy atom. The molecule has 1 rings (SSSR count). The standard InChI is InChI=1S/C11H23NO/c1-6-10-7-13-11(4,5)8-12(10)9(2)3/h9-10H,6-8H2,1-5H3. The minimum absolute atomic E-state index is 0.0376. The van der Waals surface area contributed by atoms with E-state index >= 15 is 0 Å². The van der Waals surface area contributed by atoms with E-state index in [4.69, 9.17) is 4.74 Å². The minimum Gasteiger partial charge on any atom is -0.373 e. The average Bonchev–Trinajstić information content (AvgIpc) is 2.03. The van der Waals surface area contributed by atoms with Gasteiger partial charge in [0.15, 0.2) is 0 Å². The second kappa shape index (κ2) is 3.97. The maximum absolute atomic E-state index is 5.81. The van der Waals surface area contributed by atoms with Crippen LogP contribution in [0.15, 0.2) is 0 Å². The number of hydrogen-bond donors (Lipinski definition) is 0. The summed E-state index contributed by atoms with van der Waals surface area (Å²) in [5.74, 6) is 0. The molecule has 0 aromatic carbocycles. The van der Waals surface area contributed by atoms with Crippen molar-refractivity contribution in [3.05, 3.63) is 0 Å². The fourth-order valence-electron chi connectivity index (χ4n) is 1.99. The molecule has 78 valence electrons. The molecule has 0 aromatic heterocycles. The van der Waals surface area contributed by atoms with Crippen molar-refractivity contribution >= 4 is 0 Å². The monoisotopic (exact) mass is 185 g/mol. The van der Waals surface area contributed by atoms with Crippen molar-refractivity contribution in [2.75, 3.05) is 13.2 Å². The van der Waals surface area contributed by atoms with Gasteiger partial charge in [-0.05, 0) is 34.1 Å². The second-order valence-electron chi connectivity index (χ2n) is 4.90. The molecule has 1 fully saturated rings. The highest BCUT2D eigenvalue weighted by Gasteiger charge is 2.33. The largest absolute Gasteiger partial charge is 0.373 e. The van der Waals surface area contributed by atoms with Gasteiger partial charge in [-0.3, -0.25) is 4.90 Å². The third-order valence-electron chi connectivity index (χ3n) is 2.83. The van der Waals surface area contributed by atoms with E-state index in [1.165, 1.54) is 6.42 Å². The molecule has 0 saturated carbocycles. The third-order valence-corrected chi connectivity index (χ3v) is 2.83. The number of morpholine rings is 1. The summed E-state index contributed by atoms with van der Waals surface area (Å²) < 4.78 is 5.81. The van der Waals surface area contributed by atoms with E-state index in [-0.39, 0.29) is 5.60 Å². The highest BCUT2D eigenvalue weighted by atomic mass is 16.5. The van der Waals surface area contributed by atoms with Crippen molar-refractivity contribution in [3.63, 3.8) is 0 Å². The highest BCUT2D eigenvalue weighted by molar-refractivity contribution is 4.86. The fourth-order valence-corrected chi connectivity index (χ4v) is 1.99. The number of hydrogen-bond acceptors (Lipinski definition) is 2. The third kappa shape index (κ3) is 2.68. The molecule has 2 nitrogen and oxygen atoms in total. The Hall–Kier alpha value is -0.0800. The molecule has 2 heteroatoms. The molecule has 1 saturated heterocycles. The molecule has 0 N–H and O–H groups in total. The highest BCUT2D eigenvalue weighted by Crippen LogP contribution is 2.23. The first-order chi connectivity index (χ1) is 5.96. The molecule has 0 amide bonds. The molecular formula is C11H23NO. The van der Waals surface area contributed by atoms with Crippen LogP contribution in [0.2, 0.25) is 0 Å². The molecule has 0 bridgehead atoms. The first kappa shape index (κ1) is 11.0. The second-order valence-corrected chi connectivity index (χ2v) is 4.90. The molecular weight excluding hydrogens is 162 g/mol. The van der Waals surface area contributed by atoms with Crippen LogP contribution < -0.4 is 0 Å². The van der Waals surface area contributed by atoms with E-state index in [2.05, 4.69) is 39.5 Å². The molecule has 1 unspecified atom stereocenters. The Balaban J connectivity index is 2.63. The smallest absolute Gasteiger partial charge is 0.0753 e. The summed E-state index contributed by atoms with van der Waals surface area (Å²) in [6.45, 7) is 13.1. The lowest BCUT2D eigenvalue weighted by Gasteiger charge is -2.45. The van der Waals surface area contributed by atoms with Crippen LogP contribution in [-0.4, -0.2) is 35.7 Å². The summed E-state index contributed by atoms with van der Waals surface area (Å²) in [5, 5.41) is 0. The summed E-state index contributed by atoms with van der Waals surface area (Å²) in [4.78, 5) is 2.56. The maximum atomic E-state index is 5.81. The minimum atomic E-state index is 0.0376. The van der Waals surface area contributed by atoms with Crippen LogP contribution >= 0.6 is 0 Å². The Bertz CT molecular complexity index is 165. The fraction of sp³-hybridized carbons (Fsp3) is 1.00. The van der Waals surface area contributed by atoms with E-state index in [1.54, 1.807) is 0 Å². The van der Waals surface area contributed by atoms with Gasteiger partial charge in [0.05, 0.1) is 12.2 Å². The first-order valence-corrected chi connectivity index (χ1v) is 5.36. The van der Waals surface area contributed by atoms with E-state index in [9.17, 15) is 0 Å². The Labute approximate surface area is 82.3 Å². The average molecular weight is 185 g/mol. The molecule has 1 heterocycles. The molecule has 13 heavy (non-hydrogen) atoms. The van der Waals surface area contributed by atoms with Crippen molar-refractivity contribution in [1.29, 1.82) is 0 Å². The Morgan fingerprint density at radius 3 is 2.54 bits per heavy atom. The van der Waals surface area contributed by atoms with Gasteiger partial charge in [-0.15, -0.1) is 0 Å². The lowest BCUT2D eigenvalue weighted by molar-refractivity contribution is -0.123. The summed E-state index contributed by atoms with van der Waals surface area (Å²) in [5.41, 5.74) is 0.0376. The quantitative estimate of drug-likeness (QED) is 0.654. The van der Waals surface area contributed by atoms with Crippen LogP contribution in [0.5, 0.6) is 0 Å². The summed E-state index contributed by atoms with van der Waals surface area (Å²) >= 11 is 0. The van der Waals surface area contributed by atoms with Crippen LogP contribution in [0.25, 0.3) is 0 Å². The van der Waals surface area contributed by atoms with Crippen molar-refractivity contribution in [1.82, 2.24) is 4.90 Å². The zero-order chi connectivity index (χ0) is 10.1. The van der Waals surface area contributed by atoms with Gasteiger partial charge in [-0.1, -0.05) is 6.92 Å². The SMILES string of the molecule is CCC1COC(C)(C)CN1C(C)C. The van der Waals surface area contributed by atoms with Crippen molar-refractivity contribution in [2.45, 2.75) is 58.7 Å². The molecule has 1 aliphatic rings. The molecule has 0 spiro atoms. The molecule has 0 aliphatic carbocycles. The van der Waals surface area contributed by atoms with Gasteiger partial charge in [0, 0.05) is 18.6 Å². The first-order valence-electron chi connectivity index (χ1n) is 5.36. The van der Waals surface area contributed by atoms with E-state index in [0.29, 0.717) is 12.1 Å². The van der Waals surface area contributed by atoms with Crippen LogP contribution in [0.3, 0.4) is 0 Å². The van der Waals surface area contributed by atoms with Crippen LogP contribution in [0.1, 0.15) is 41.0 Å². The van der Waals surface area contributed by atoms with Gasteiger partial charge in [-0.25, -0.2) is 0 Å². The summed E-state index contributed by atoms with van der Waals surface area (Å²) in [6.07, 6.45) is 1.19. The number of rotatable bonds is 2. The normalized spacial score (nSPS) is 29.5. The van der Waals surface area contributed by atoms with E-state index in [1.807, 2.05) is 0 Å². The molecule has 1 aliphatic heterocycles. The van der Waals surface area contributed by atoms with Crippen molar-refractivity contribution in [3.8, 4) is 0 Å².